The number of hydrogen-bond donors (Lipinski definition) is 1. The van der Waals surface area contributed by atoms with Crippen molar-refractivity contribution in [3.63, 3.8) is 0 Å². The molecule has 0 aliphatic heterocycles. The highest BCUT2D eigenvalue weighted by Crippen LogP contribution is 2.25. The molecule has 0 radical (unpaired) electrons. The molecule has 2 rings (SSSR count). The predicted molar refractivity (Wildman–Crippen MR) is 90.2 cm³/mol. The number of rotatable bonds is 6. The number of carbonyl (C=O) groups is 1. The van der Waals surface area contributed by atoms with Crippen LogP contribution in [0.2, 0.25) is 0 Å². The van der Waals surface area contributed by atoms with Gasteiger partial charge in [0.25, 0.3) is 0 Å². The van der Waals surface area contributed by atoms with Crippen LogP contribution in [0.4, 0.5) is 10.1 Å². The summed E-state index contributed by atoms with van der Waals surface area (Å²) in [4.78, 5) is 11.6. The molecule has 0 atom stereocenters. The van der Waals surface area contributed by atoms with Crippen LogP contribution in [-0.2, 0) is 17.8 Å². The van der Waals surface area contributed by atoms with Gasteiger partial charge in [-0.3, -0.25) is 4.79 Å². The molecular weight excluding hydrogens is 293 g/mol. The number of halogens is 1. The lowest BCUT2D eigenvalue weighted by Crippen LogP contribution is -2.13. The molecule has 4 heteroatoms. The van der Waals surface area contributed by atoms with Crippen LogP contribution in [0.3, 0.4) is 0 Å². The van der Waals surface area contributed by atoms with E-state index >= 15 is 0 Å². The summed E-state index contributed by atoms with van der Waals surface area (Å²) < 4.78 is 19.9. The van der Waals surface area contributed by atoms with Crippen LogP contribution in [0.15, 0.2) is 36.4 Å². The number of hydrogen-bond acceptors (Lipinski definition) is 2. The molecule has 0 fully saturated rings. The highest BCUT2D eigenvalue weighted by atomic mass is 19.1. The maximum atomic E-state index is 14.1. The molecule has 0 saturated heterocycles. The molecule has 23 heavy (non-hydrogen) atoms. The maximum Gasteiger partial charge on any atom is 0.224 e. The van der Waals surface area contributed by atoms with Gasteiger partial charge in [0.05, 0.1) is 5.69 Å². The Bertz CT molecular complexity index is 698. The van der Waals surface area contributed by atoms with E-state index in [1.165, 1.54) is 6.07 Å². The van der Waals surface area contributed by atoms with Gasteiger partial charge in [-0.25, -0.2) is 4.39 Å². The van der Waals surface area contributed by atoms with E-state index in [4.69, 9.17) is 4.74 Å². The first-order chi connectivity index (χ1) is 11.0. The van der Waals surface area contributed by atoms with Gasteiger partial charge in [0, 0.05) is 12.0 Å². The minimum absolute atomic E-state index is 0.0715. The van der Waals surface area contributed by atoms with E-state index in [2.05, 4.69) is 18.3 Å². The van der Waals surface area contributed by atoms with E-state index in [0.29, 0.717) is 17.7 Å². The Morgan fingerprint density at radius 2 is 2.00 bits per heavy atom. The zero-order chi connectivity index (χ0) is 16.8. The van der Waals surface area contributed by atoms with Crippen LogP contribution in [0.1, 0.15) is 37.0 Å². The standard InChI is InChI=1S/C19H22FNO2/c1-4-14-11-13(3)9-10-18(14)23-12-15-16(20)7-6-8-17(15)21-19(22)5-2/h6-11H,4-5,12H2,1-3H3,(H,21,22). The highest BCUT2D eigenvalue weighted by Gasteiger charge is 2.12. The minimum atomic E-state index is -0.385. The van der Waals surface area contributed by atoms with Crippen molar-refractivity contribution in [1.82, 2.24) is 0 Å². The molecule has 1 amide bonds. The fourth-order valence-electron chi connectivity index (χ4n) is 2.34. The Balaban J connectivity index is 2.22. The molecule has 0 unspecified atom stereocenters. The second-order valence-electron chi connectivity index (χ2n) is 5.42. The fourth-order valence-corrected chi connectivity index (χ4v) is 2.34. The van der Waals surface area contributed by atoms with Crippen LogP contribution in [0.5, 0.6) is 5.75 Å². The van der Waals surface area contributed by atoms with Crippen LogP contribution in [0, 0.1) is 12.7 Å². The summed E-state index contributed by atoms with van der Waals surface area (Å²) in [6.45, 7) is 5.91. The number of nitrogens with one attached hydrogen (secondary N) is 1. The molecule has 2 aromatic carbocycles. The first-order valence-corrected chi connectivity index (χ1v) is 7.84. The van der Waals surface area contributed by atoms with Crippen molar-refractivity contribution in [2.45, 2.75) is 40.2 Å². The topological polar surface area (TPSA) is 38.3 Å². The molecule has 0 spiro atoms. The summed E-state index contributed by atoms with van der Waals surface area (Å²) in [6, 6.07) is 10.6. The Morgan fingerprint density at radius 1 is 1.22 bits per heavy atom. The largest absolute Gasteiger partial charge is 0.488 e. The van der Waals surface area contributed by atoms with Gasteiger partial charge in [-0.1, -0.05) is 37.6 Å². The lowest BCUT2D eigenvalue weighted by atomic mass is 10.1. The second kappa shape index (κ2) is 7.77. The minimum Gasteiger partial charge on any atom is -0.488 e. The van der Waals surface area contributed by atoms with E-state index in [0.717, 1.165) is 23.3 Å². The Labute approximate surface area is 136 Å². The molecule has 3 nitrogen and oxygen atoms in total. The molecule has 0 saturated carbocycles. The monoisotopic (exact) mass is 315 g/mol. The number of amides is 1. The van der Waals surface area contributed by atoms with E-state index in [1.54, 1.807) is 19.1 Å². The molecule has 0 heterocycles. The Hall–Kier alpha value is -2.36. The molecule has 0 aromatic heterocycles. The van der Waals surface area contributed by atoms with E-state index in [9.17, 15) is 9.18 Å². The van der Waals surface area contributed by atoms with Gasteiger partial charge in [0.2, 0.25) is 5.91 Å². The van der Waals surface area contributed by atoms with Crippen molar-refractivity contribution in [2.24, 2.45) is 0 Å². The van der Waals surface area contributed by atoms with Crippen molar-refractivity contribution < 1.29 is 13.9 Å². The summed E-state index contributed by atoms with van der Waals surface area (Å²) in [5, 5.41) is 2.72. The van der Waals surface area contributed by atoms with E-state index in [1.807, 2.05) is 19.1 Å². The lowest BCUT2D eigenvalue weighted by Gasteiger charge is -2.15. The SMILES string of the molecule is CCC(=O)Nc1cccc(F)c1COc1ccc(C)cc1CC. The van der Waals surface area contributed by atoms with Gasteiger partial charge in [0.15, 0.2) is 0 Å². The van der Waals surface area contributed by atoms with Gasteiger partial charge in [0.1, 0.15) is 18.2 Å². The number of carbonyl (C=O) groups excluding carboxylic acids is 1. The normalized spacial score (nSPS) is 10.4. The molecule has 0 bridgehead atoms. The van der Waals surface area contributed by atoms with E-state index in [-0.39, 0.29) is 18.3 Å². The quantitative estimate of drug-likeness (QED) is 0.844. The number of anilines is 1. The summed E-state index contributed by atoms with van der Waals surface area (Å²) in [6.07, 6.45) is 1.18. The van der Waals surface area contributed by atoms with Gasteiger partial charge in [-0.2, -0.15) is 0 Å². The Kier molecular flexibility index (Phi) is 5.74. The van der Waals surface area contributed by atoms with Gasteiger partial charge < -0.3 is 10.1 Å². The number of benzene rings is 2. The predicted octanol–water partition coefficient (Wildman–Crippen LogP) is 4.62. The van der Waals surface area contributed by atoms with E-state index < -0.39 is 0 Å². The summed E-state index contributed by atoms with van der Waals surface area (Å²) >= 11 is 0. The van der Waals surface area contributed by atoms with Crippen molar-refractivity contribution in [3.05, 3.63) is 58.9 Å². The van der Waals surface area contributed by atoms with Crippen LogP contribution >= 0.6 is 0 Å². The van der Waals surface area contributed by atoms with Crippen molar-refractivity contribution in [1.29, 1.82) is 0 Å². The fraction of sp³-hybridized carbons (Fsp3) is 0.316. The van der Waals surface area contributed by atoms with Crippen molar-refractivity contribution in [3.8, 4) is 5.75 Å². The van der Waals surface area contributed by atoms with Crippen LogP contribution in [-0.4, -0.2) is 5.91 Å². The summed E-state index contributed by atoms with van der Waals surface area (Å²) in [7, 11) is 0. The average Bonchev–Trinajstić information content (AvgIpc) is 2.55. The average molecular weight is 315 g/mol. The van der Waals surface area contributed by atoms with Gasteiger partial charge >= 0.3 is 0 Å². The van der Waals surface area contributed by atoms with Crippen molar-refractivity contribution in [2.75, 3.05) is 5.32 Å². The molecule has 0 aliphatic rings. The maximum absolute atomic E-state index is 14.1. The third-order valence-electron chi connectivity index (χ3n) is 3.68. The highest BCUT2D eigenvalue weighted by molar-refractivity contribution is 5.91. The van der Waals surface area contributed by atoms with Gasteiger partial charge in [-0.15, -0.1) is 0 Å². The third kappa shape index (κ3) is 4.31. The van der Waals surface area contributed by atoms with Gasteiger partial charge in [-0.05, 0) is 37.1 Å². The lowest BCUT2D eigenvalue weighted by molar-refractivity contribution is -0.115. The second-order valence-corrected chi connectivity index (χ2v) is 5.42. The zero-order valence-corrected chi connectivity index (χ0v) is 13.8. The molecule has 0 aliphatic carbocycles. The van der Waals surface area contributed by atoms with Crippen LogP contribution in [0.25, 0.3) is 0 Å². The smallest absolute Gasteiger partial charge is 0.224 e. The summed E-state index contributed by atoms with van der Waals surface area (Å²) in [5.74, 6) is 0.208. The summed E-state index contributed by atoms with van der Waals surface area (Å²) in [5.41, 5.74) is 3.07. The molecule has 122 valence electrons. The van der Waals surface area contributed by atoms with Crippen LogP contribution < -0.4 is 10.1 Å². The number of aryl methyl sites for hydroxylation is 2. The molecule has 1 N–H and O–H groups in total. The Morgan fingerprint density at radius 3 is 2.70 bits per heavy atom. The third-order valence-corrected chi connectivity index (χ3v) is 3.68. The molecule has 2 aromatic rings. The first kappa shape index (κ1) is 17.0. The zero-order valence-electron chi connectivity index (χ0n) is 13.8. The first-order valence-electron chi connectivity index (χ1n) is 7.84. The number of ether oxygens (including phenoxy) is 1. The van der Waals surface area contributed by atoms with Crippen molar-refractivity contribution >= 4 is 11.6 Å². The molecular formula is C19H22FNO2.